The summed E-state index contributed by atoms with van der Waals surface area (Å²) >= 11 is 0. The summed E-state index contributed by atoms with van der Waals surface area (Å²) in [5.41, 5.74) is 3.11. The van der Waals surface area contributed by atoms with E-state index in [1.54, 1.807) is 23.2 Å². The largest absolute Gasteiger partial charge is 0.482 e. The molecule has 4 rings (SSSR count). The van der Waals surface area contributed by atoms with Gasteiger partial charge in [0.1, 0.15) is 11.6 Å². The van der Waals surface area contributed by atoms with Crippen LogP contribution in [0.3, 0.4) is 0 Å². The molecule has 0 saturated carbocycles. The van der Waals surface area contributed by atoms with Crippen molar-refractivity contribution in [3.8, 4) is 5.75 Å². The van der Waals surface area contributed by atoms with Crippen molar-refractivity contribution in [3.05, 3.63) is 83.6 Å². The first kappa shape index (κ1) is 17.7. The van der Waals surface area contributed by atoms with Gasteiger partial charge in [-0.1, -0.05) is 30.3 Å². The zero-order valence-corrected chi connectivity index (χ0v) is 15.4. The molecule has 2 amide bonds. The standard InChI is InChI=1S/C22H19N3O3/c1-15-5-4-12-23-21(15)24-22(27)17-10-8-16(9-11-17)13-25-18-6-2-3-7-19(18)28-14-20(25)26/h2-12H,13-14H2,1H3,(H,23,24,27). The van der Waals surface area contributed by atoms with E-state index >= 15 is 0 Å². The molecule has 1 N–H and O–H groups in total. The monoisotopic (exact) mass is 373 g/mol. The fourth-order valence-corrected chi connectivity index (χ4v) is 3.07. The first-order chi connectivity index (χ1) is 13.6. The smallest absolute Gasteiger partial charge is 0.265 e. The maximum absolute atomic E-state index is 12.5. The minimum atomic E-state index is -0.221. The van der Waals surface area contributed by atoms with Crippen LogP contribution in [0.15, 0.2) is 66.9 Å². The van der Waals surface area contributed by atoms with Crippen LogP contribution in [0.2, 0.25) is 0 Å². The van der Waals surface area contributed by atoms with Crippen LogP contribution in [-0.2, 0) is 11.3 Å². The van der Waals surface area contributed by atoms with Crippen molar-refractivity contribution in [1.82, 2.24) is 4.98 Å². The van der Waals surface area contributed by atoms with Gasteiger partial charge in [-0.2, -0.15) is 0 Å². The molecular formula is C22H19N3O3. The molecule has 28 heavy (non-hydrogen) atoms. The number of amides is 2. The number of aryl methyl sites for hydroxylation is 1. The lowest BCUT2D eigenvalue weighted by Crippen LogP contribution is -2.38. The molecule has 6 heteroatoms. The van der Waals surface area contributed by atoms with Crippen LogP contribution in [0.25, 0.3) is 0 Å². The van der Waals surface area contributed by atoms with Crippen LogP contribution >= 0.6 is 0 Å². The molecule has 0 spiro atoms. The van der Waals surface area contributed by atoms with Crippen LogP contribution in [0, 0.1) is 6.92 Å². The quantitative estimate of drug-likeness (QED) is 0.759. The van der Waals surface area contributed by atoms with Crippen molar-refractivity contribution >= 4 is 23.3 Å². The number of pyridine rings is 1. The van der Waals surface area contributed by atoms with Crippen molar-refractivity contribution in [1.29, 1.82) is 0 Å². The summed E-state index contributed by atoms with van der Waals surface area (Å²) in [6.45, 7) is 2.34. The fourth-order valence-electron chi connectivity index (χ4n) is 3.07. The predicted molar refractivity (Wildman–Crippen MR) is 106 cm³/mol. The second-order valence-corrected chi connectivity index (χ2v) is 6.56. The molecule has 0 fully saturated rings. The zero-order valence-electron chi connectivity index (χ0n) is 15.4. The second kappa shape index (κ2) is 7.52. The maximum atomic E-state index is 12.5. The van der Waals surface area contributed by atoms with E-state index in [1.807, 2.05) is 55.5 Å². The van der Waals surface area contributed by atoms with Gasteiger partial charge in [0.05, 0.1) is 12.2 Å². The van der Waals surface area contributed by atoms with Crippen LogP contribution < -0.4 is 15.0 Å². The molecule has 0 aliphatic carbocycles. The number of carbonyl (C=O) groups excluding carboxylic acids is 2. The van der Waals surface area contributed by atoms with Gasteiger partial charge in [0.15, 0.2) is 6.61 Å². The van der Waals surface area contributed by atoms with E-state index in [0.29, 0.717) is 23.7 Å². The van der Waals surface area contributed by atoms with Crippen molar-refractivity contribution in [3.63, 3.8) is 0 Å². The van der Waals surface area contributed by atoms with Gasteiger partial charge in [0.2, 0.25) is 0 Å². The highest BCUT2D eigenvalue weighted by Gasteiger charge is 2.25. The van der Waals surface area contributed by atoms with Crippen LogP contribution in [0.4, 0.5) is 11.5 Å². The molecule has 1 aliphatic heterocycles. The van der Waals surface area contributed by atoms with E-state index in [-0.39, 0.29) is 18.4 Å². The Labute approximate surface area is 162 Å². The third-order valence-corrected chi connectivity index (χ3v) is 4.61. The van der Waals surface area contributed by atoms with Gasteiger partial charge in [-0.15, -0.1) is 0 Å². The highest BCUT2D eigenvalue weighted by Crippen LogP contribution is 2.32. The lowest BCUT2D eigenvalue weighted by atomic mass is 10.1. The van der Waals surface area contributed by atoms with E-state index < -0.39 is 0 Å². The summed E-state index contributed by atoms with van der Waals surface area (Å²) in [5.74, 6) is 0.934. The third kappa shape index (κ3) is 3.57. The Morgan fingerprint density at radius 1 is 1.11 bits per heavy atom. The molecule has 0 saturated heterocycles. The highest BCUT2D eigenvalue weighted by molar-refractivity contribution is 6.04. The van der Waals surface area contributed by atoms with Crippen molar-refractivity contribution in [2.75, 3.05) is 16.8 Å². The zero-order chi connectivity index (χ0) is 19.5. The molecule has 0 radical (unpaired) electrons. The number of ether oxygens (including phenoxy) is 1. The summed E-state index contributed by atoms with van der Waals surface area (Å²) in [5, 5.41) is 2.82. The maximum Gasteiger partial charge on any atom is 0.265 e. The molecule has 1 aliphatic rings. The molecule has 0 unspecified atom stereocenters. The van der Waals surface area contributed by atoms with Crippen LogP contribution in [-0.4, -0.2) is 23.4 Å². The van der Waals surface area contributed by atoms with E-state index in [1.165, 1.54) is 0 Å². The third-order valence-electron chi connectivity index (χ3n) is 4.61. The summed E-state index contributed by atoms with van der Waals surface area (Å²) in [6, 6.07) is 18.4. The van der Waals surface area contributed by atoms with Gasteiger partial charge in [-0.3, -0.25) is 9.59 Å². The highest BCUT2D eigenvalue weighted by atomic mass is 16.5. The summed E-state index contributed by atoms with van der Waals surface area (Å²) in [7, 11) is 0. The van der Waals surface area contributed by atoms with Crippen molar-refractivity contribution in [2.45, 2.75) is 13.5 Å². The van der Waals surface area contributed by atoms with Gasteiger partial charge >= 0.3 is 0 Å². The number of aromatic nitrogens is 1. The summed E-state index contributed by atoms with van der Waals surface area (Å²) in [4.78, 5) is 30.6. The normalized spacial score (nSPS) is 12.9. The van der Waals surface area contributed by atoms with Gasteiger partial charge in [0.25, 0.3) is 11.8 Å². The van der Waals surface area contributed by atoms with Crippen molar-refractivity contribution in [2.24, 2.45) is 0 Å². The molecule has 3 aromatic rings. The van der Waals surface area contributed by atoms with Gasteiger partial charge in [-0.05, 0) is 48.4 Å². The summed E-state index contributed by atoms with van der Waals surface area (Å²) < 4.78 is 5.47. The molecule has 0 bridgehead atoms. The van der Waals surface area contributed by atoms with Crippen LogP contribution in [0.1, 0.15) is 21.5 Å². The lowest BCUT2D eigenvalue weighted by molar-refractivity contribution is -0.121. The number of hydrogen-bond acceptors (Lipinski definition) is 4. The minimum absolute atomic E-state index is 0.0287. The second-order valence-electron chi connectivity index (χ2n) is 6.56. The number of hydrogen-bond donors (Lipinski definition) is 1. The molecule has 0 atom stereocenters. The lowest BCUT2D eigenvalue weighted by Gasteiger charge is -2.29. The summed E-state index contributed by atoms with van der Waals surface area (Å²) in [6.07, 6.45) is 1.64. The van der Waals surface area contributed by atoms with E-state index in [2.05, 4.69) is 10.3 Å². The number of rotatable bonds is 4. The number of fused-ring (bicyclic) bond motifs is 1. The molecule has 2 aromatic carbocycles. The Morgan fingerprint density at radius 2 is 1.89 bits per heavy atom. The Hall–Kier alpha value is -3.67. The number of anilines is 2. The Balaban J connectivity index is 1.49. The molecule has 6 nitrogen and oxygen atoms in total. The molecule has 2 heterocycles. The van der Waals surface area contributed by atoms with E-state index in [9.17, 15) is 9.59 Å². The minimum Gasteiger partial charge on any atom is -0.482 e. The Morgan fingerprint density at radius 3 is 2.68 bits per heavy atom. The Kier molecular flexibility index (Phi) is 4.76. The number of para-hydroxylation sites is 2. The first-order valence-corrected chi connectivity index (χ1v) is 8.96. The van der Waals surface area contributed by atoms with Crippen LogP contribution in [0.5, 0.6) is 5.75 Å². The first-order valence-electron chi connectivity index (χ1n) is 8.96. The number of nitrogens with zero attached hydrogens (tertiary/aromatic N) is 2. The van der Waals surface area contributed by atoms with Gasteiger partial charge < -0.3 is 15.0 Å². The van der Waals surface area contributed by atoms with E-state index in [0.717, 1.165) is 16.8 Å². The molecule has 140 valence electrons. The number of benzene rings is 2. The van der Waals surface area contributed by atoms with Crippen molar-refractivity contribution < 1.29 is 14.3 Å². The Bertz CT molecular complexity index is 1030. The number of carbonyl (C=O) groups is 2. The average Bonchev–Trinajstić information content (AvgIpc) is 2.72. The topological polar surface area (TPSA) is 71.5 Å². The average molecular weight is 373 g/mol. The predicted octanol–water partition coefficient (Wildman–Crippen LogP) is 3.57. The fraction of sp³-hybridized carbons (Fsp3) is 0.136. The molecule has 1 aromatic heterocycles. The van der Waals surface area contributed by atoms with Gasteiger partial charge in [-0.25, -0.2) is 4.98 Å². The van der Waals surface area contributed by atoms with E-state index in [4.69, 9.17) is 4.74 Å². The SMILES string of the molecule is Cc1cccnc1NC(=O)c1ccc(CN2C(=O)COc3ccccc32)cc1. The van der Waals surface area contributed by atoms with Gasteiger partial charge in [0, 0.05) is 11.8 Å². The molecular weight excluding hydrogens is 354 g/mol. The number of nitrogens with one attached hydrogen (secondary N) is 1.